The Hall–Kier alpha value is -4.14. The van der Waals surface area contributed by atoms with Gasteiger partial charge in [0.25, 0.3) is 0 Å². The predicted octanol–water partition coefficient (Wildman–Crippen LogP) is 6.79. The molecule has 8 heteroatoms. The molecule has 0 bridgehead atoms. The van der Waals surface area contributed by atoms with Crippen molar-refractivity contribution in [3.05, 3.63) is 77.4 Å². The lowest BCUT2D eigenvalue weighted by molar-refractivity contribution is -0.137. The number of phenols is 1. The van der Waals surface area contributed by atoms with Gasteiger partial charge in [-0.1, -0.05) is 30.3 Å². The molecule has 3 aromatic carbocycles. The number of aromatic nitrogens is 1. The minimum Gasteiger partial charge on any atom is -0.507 e. The second-order valence-corrected chi connectivity index (χ2v) is 7.87. The molecule has 0 radical (unpaired) electrons. The van der Waals surface area contributed by atoms with Gasteiger partial charge in [-0.05, 0) is 53.1 Å². The molecule has 0 aliphatic heterocycles. The van der Waals surface area contributed by atoms with Gasteiger partial charge in [-0.15, -0.1) is 11.3 Å². The number of fused-ring (bicyclic) bond motifs is 1. The molecule has 1 N–H and O–H groups in total. The molecular formula is C24H12F3N3OS. The van der Waals surface area contributed by atoms with E-state index in [0.717, 1.165) is 27.5 Å². The van der Waals surface area contributed by atoms with Crippen molar-refractivity contribution in [3.8, 4) is 39.6 Å². The monoisotopic (exact) mass is 447 g/mol. The van der Waals surface area contributed by atoms with Crippen molar-refractivity contribution in [1.82, 2.24) is 4.98 Å². The van der Waals surface area contributed by atoms with Gasteiger partial charge >= 0.3 is 6.18 Å². The van der Waals surface area contributed by atoms with Crippen LogP contribution in [0.2, 0.25) is 0 Å². The van der Waals surface area contributed by atoms with Gasteiger partial charge in [0.15, 0.2) is 0 Å². The van der Waals surface area contributed by atoms with Crippen LogP contribution in [0.4, 0.5) is 13.2 Å². The Morgan fingerprint density at radius 3 is 2.25 bits per heavy atom. The molecule has 0 spiro atoms. The number of thiazole rings is 1. The van der Waals surface area contributed by atoms with Crippen LogP contribution in [0.15, 0.2) is 66.2 Å². The van der Waals surface area contributed by atoms with Crippen molar-refractivity contribution in [3.63, 3.8) is 0 Å². The van der Waals surface area contributed by atoms with E-state index in [9.17, 15) is 18.3 Å². The standard InChI is InChI=1S/C24H12F3N3OS/c25-24(26,27)18-6-7-19(21(31)11-18)23-30-20-8-5-17(10-22(20)32-23)16-3-1-14(2-4-16)9-15(12-28)13-29/h1-11,31H. The van der Waals surface area contributed by atoms with Crippen LogP contribution in [-0.2, 0) is 6.18 Å². The van der Waals surface area contributed by atoms with Crippen LogP contribution in [-0.4, -0.2) is 10.1 Å². The third-order valence-corrected chi connectivity index (χ3v) is 5.79. The number of allylic oxidation sites excluding steroid dienone is 1. The first-order valence-electron chi connectivity index (χ1n) is 9.22. The molecule has 0 saturated carbocycles. The minimum absolute atomic E-state index is 0.0166. The molecule has 0 unspecified atom stereocenters. The number of aromatic hydroxyl groups is 1. The number of benzene rings is 3. The highest BCUT2D eigenvalue weighted by Crippen LogP contribution is 2.39. The summed E-state index contributed by atoms with van der Waals surface area (Å²) in [6.45, 7) is 0. The van der Waals surface area contributed by atoms with E-state index in [1.54, 1.807) is 12.1 Å². The second kappa shape index (κ2) is 8.18. The number of hydrogen-bond donors (Lipinski definition) is 1. The molecule has 156 valence electrons. The fourth-order valence-corrected chi connectivity index (χ4v) is 4.18. The fraction of sp³-hybridized carbons (Fsp3) is 0.0417. The first kappa shape index (κ1) is 21.1. The summed E-state index contributed by atoms with van der Waals surface area (Å²) in [5.41, 5.74) is 2.54. The third kappa shape index (κ3) is 4.18. The highest BCUT2D eigenvalue weighted by atomic mass is 32.1. The second-order valence-electron chi connectivity index (χ2n) is 6.83. The van der Waals surface area contributed by atoms with Gasteiger partial charge in [0.05, 0.1) is 21.3 Å². The Kier molecular flexibility index (Phi) is 5.40. The van der Waals surface area contributed by atoms with Crippen molar-refractivity contribution in [2.75, 3.05) is 0 Å². The summed E-state index contributed by atoms with van der Waals surface area (Å²) in [4.78, 5) is 4.44. The Balaban J connectivity index is 1.67. The number of halogens is 3. The summed E-state index contributed by atoms with van der Waals surface area (Å²) in [5, 5.41) is 28.3. The average Bonchev–Trinajstić information content (AvgIpc) is 3.20. The maximum Gasteiger partial charge on any atom is 0.416 e. The molecule has 0 aliphatic rings. The largest absolute Gasteiger partial charge is 0.507 e. The zero-order chi connectivity index (χ0) is 22.9. The van der Waals surface area contributed by atoms with Gasteiger partial charge in [0.2, 0.25) is 0 Å². The Morgan fingerprint density at radius 1 is 0.938 bits per heavy atom. The maximum absolute atomic E-state index is 12.8. The van der Waals surface area contributed by atoms with Gasteiger partial charge in [-0.3, -0.25) is 0 Å². The molecule has 0 fully saturated rings. The van der Waals surface area contributed by atoms with Crippen LogP contribution in [0.3, 0.4) is 0 Å². The summed E-state index contributed by atoms with van der Waals surface area (Å²) >= 11 is 1.27. The highest BCUT2D eigenvalue weighted by Gasteiger charge is 2.31. The van der Waals surface area contributed by atoms with E-state index in [4.69, 9.17) is 10.5 Å². The van der Waals surface area contributed by atoms with E-state index in [0.29, 0.717) is 16.6 Å². The van der Waals surface area contributed by atoms with E-state index in [-0.39, 0.29) is 11.1 Å². The Morgan fingerprint density at radius 2 is 1.62 bits per heavy atom. The predicted molar refractivity (Wildman–Crippen MR) is 116 cm³/mol. The lowest BCUT2D eigenvalue weighted by Crippen LogP contribution is -2.04. The summed E-state index contributed by atoms with van der Waals surface area (Å²) in [6.07, 6.45) is -3.03. The van der Waals surface area contributed by atoms with Crippen LogP contribution in [0.25, 0.3) is 38.0 Å². The Labute approximate surface area is 184 Å². The van der Waals surface area contributed by atoms with E-state index >= 15 is 0 Å². The van der Waals surface area contributed by atoms with Gasteiger partial charge in [0, 0.05) is 0 Å². The number of nitrogens with zero attached hydrogens (tertiary/aromatic N) is 3. The van der Waals surface area contributed by atoms with Crippen molar-refractivity contribution in [1.29, 1.82) is 10.5 Å². The van der Waals surface area contributed by atoms with Crippen molar-refractivity contribution >= 4 is 27.6 Å². The summed E-state index contributed by atoms with van der Waals surface area (Å²) < 4.78 is 39.3. The van der Waals surface area contributed by atoms with Crippen LogP contribution in [0, 0.1) is 22.7 Å². The molecule has 1 aromatic heterocycles. The van der Waals surface area contributed by atoms with Gasteiger partial charge in [0.1, 0.15) is 28.5 Å². The van der Waals surface area contributed by atoms with Gasteiger partial charge < -0.3 is 5.11 Å². The smallest absolute Gasteiger partial charge is 0.416 e. The number of hydrogen-bond acceptors (Lipinski definition) is 5. The molecule has 32 heavy (non-hydrogen) atoms. The minimum atomic E-state index is -4.53. The number of alkyl halides is 3. The zero-order valence-corrected chi connectivity index (χ0v) is 17.0. The summed E-state index contributed by atoms with van der Waals surface area (Å²) in [6, 6.07) is 19.4. The molecule has 4 rings (SSSR count). The van der Waals surface area contributed by atoms with Crippen molar-refractivity contribution in [2.45, 2.75) is 6.18 Å². The lowest BCUT2D eigenvalue weighted by Gasteiger charge is -2.08. The third-order valence-electron chi connectivity index (χ3n) is 4.74. The molecular weight excluding hydrogens is 435 g/mol. The quantitative estimate of drug-likeness (QED) is 0.351. The highest BCUT2D eigenvalue weighted by molar-refractivity contribution is 7.21. The molecule has 0 saturated heterocycles. The fourth-order valence-electron chi connectivity index (χ4n) is 3.14. The number of nitriles is 2. The molecule has 0 atom stereocenters. The van der Waals surface area contributed by atoms with E-state index in [1.807, 2.05) is 42.5 Å². The van der Waals surface area contributed by atoms with Crippen molar-refractivity contribution < 1.29 is 18.3 Å². The summed E-state index contributed by atoms with van der Waals surface area (Å²) in [7, 11) is 0. The molecule has 1 heterocycles. The molecule has 4 nitrogen and oxygen atoms in total. The van der Waals surface area contributed by atoms with E-state index in [2.05, 4.69) is 4.98 Å². The lowest BCUT2D eigenvalue weighted by atomic mass is 10.0. The molecule has 4 aromatic rings. The SMILES string of the molecule is N#CC(C#N)=Cc1ccc(-c2ccc3nc(-c4ccc(C(F)(F)F)cc4O)sc3c2)cc1. The van der Waals surface area contributed by atoms with Crippen molar-refractivity contribution in [2.24, 2.45) is 0 Å². The Bertz CT molecular complexity index is 1420. The number of rotatable bonds is 3. The topological polar surface area (TPSA) is 80.7 Å². The molecule has 0 amide bonds. The van der Waals surface area contributed by atoms with E-state index in [1.165, 1.54) is 23.5 Å². The number of phenolic OH excluding ortho intramolecular Hbond substituents is 1. The van der Waals surface area contributed by atoms with E-state index < -0.39 is 17.5 Å². The van der Waals surface area contributed by atoms with Gasteiger partial charge in [-0.2, -0.15) is 23.7 Å². The first-order valence-corrected chi connectivity index (χ1v) is 10.0. The maximum atomic E-state index is 12.8. The average molecular weight is 447 g/mol. The van der Waals surface area contributed by atoms with Crippen LogP contribution in [0.1, 0.15) is 11.1 Å². The van der Waals surface area contributed by atoms with Gasteiger partial charge in [-0.25, -0.2) is 4.98 Å². The summed E-state index contributed by atoms with van der Waals surface area (Å²) in [5.74, 6) is -0.475. The van der Waals surface area contributed by atoms with Crippen LogP contribution >= 0.6 is 11.3 Å². The zero-order valence-electron chi connectivity index (χ0n) is 16.2. The van der Waals surface area contributed by atoms with Crippen LogP contribution in [0.5, 0.6) is 5.75 Å². The normalized spacial score (nSPS) is 11.0. The first-order chi connectivity index (χ1) is 15.3. The molecule has 0 aliphatic carbocycles. The van der Waals surface area contributed by atoms with Crippen LogP contribution < -0.4 is 0 Å².